The number of hydrogen-bond donors (Lipinski definition) is 1. The quantitative estimate of drug-likeness (QED) is 0.873. The molecule has 0 aliphatic heterocycles. The van der Waals surface area contributed by atoms with Crippen molar-refractivity contribution in [2.45, 2.75) is 6.54 Å². The van der Waals surface area contributed by atoms with Gasteiger partial charge in [-0.2, -0.15) is 0 Å². The van der Waals surface area contributed by atoms with Crippen molar-refractivity contribution in [2.75, 3.05) is 7.05 Å². The Morgan fingerprint density at radius 1 is 1.06 bits per heavy atom. The molecule has 2 aromatic rings. The first-order valence-corrected chi connectivity index (χ1v) is 6.26. The van der Waals surface area contributed by atoms with Gasteiger partial charge in [0.05, 0.1) is 0 Å². The Hall–Kier alpha value is -1.09. The molecule has 18 heavy (non-hydrogen) atoms. The molecule has 0 fully saturated rings. The van der Waals surface area contributed by atoms with E-state index in [0.717, 1.165) is 16.7 Å². The molecule has 1 nitrogen and oxygen atoms in total. The minimum atomic E-state index is -0.282. The molecule has 0 radical (unpaired) electrons. The molecule has 0 amide bonds. The van der Waals surface area contributed by atoms with Gasteiger partial charge in [-0.05, 0) is 42.4 Å². The maximum Gasteiger partial charge on any atom is 0.123 e. The predicted molar refractivity (Wildman–Crippen MR) is 74.6 cm³/mol. The molecule has 2 aromatic carbocycles. The third-order valence-electron chi connectivity index (χ3n) is 2.66. The Morgan fingerprint density at radius 3 is 2.50 bits per heavy atom. The van der Waals surface area contributed by atoms with E-state index in [4.69, 9.17) is 23.2 Å². The SMILES string of the molecule is CNCc1ccc(F)cc1-c1ccc(Cl)cc1Cl. The molecule has 0 aromatic heterocycles. The van der Waals surface area contributed by atoms with Gasteiger partial charge < -0.3 is 5.32 Å². The van der Waals surface area contributed by atoms with E-state index in [1.54, 1.807) is 24.3 Å². The largest absolute Gasteiger partial charge is 0.316 e. The number of rotatable bonds is 3. The molecule has 0 aliphatic rings. The minimum Gasteiger partial charge on any atom is -0.316 e. The Kier molecular flexibility index (Phi) is 4.23. The molecule has 0 heterocycles. The fourth-order valence-corrected chi connectivity index (χ4v) is 2.36. The van der Waals surface area contributed by atoms with Gasteiger partial charge in [0.25, 0.3) is 0 Å². The molecule has 0 bridgehead atoms. The van der Waals surface area contributed by atoms with Crippen molar-refractivity contribution < 1.29 is 4.39 Å². The van der Waals surface area contributed by atoms with Gasteiger partial charge in [0.1, 0.15) is 5.82 Å². The summed E-state index contributed by atoms with van der Waals surface area (Å²) in [6, 6.07) is 9.90. The second kappa shape index (κ2) is 5.70. The average Bonchev–Trinajstić information content (AvgIpc) is 2.32. The van der Waals surface area contributed by atoms with Gasteiger partial charge in [-0.3, -0.25) is 0 Å². The monoisotopic (exact) mass is 283 g/mol. The fraction of sp³-hybridized carbons (Fsp3) is 0.143. The van der Waals surface area contributed by atoms with Gasteiger partial charge in [0.2, 0.25) is 0 Å². The van der Waals surface area contributed by atoms with Crippen LogP contribution in [0, 0.1) is 5.82 Å². The van der Waals surface area contributed by atoms with Crippen LogP contribution in [-0.4, -0.2) is 7.05 Å². The molecule has 0 atom stereocenters. The maximum absolute atomic E-state index is 13.4. The number of hydrogen-bond acceptors (Lipinski definition) is 1. The van der Waals surface area contributed by atoms with Crippen molar-refractivity contribution in [3.8, 4) is 11.1 Å². The molecule has 1 N–H and O–H groups in total. The van der Waals surface area contributed by atoms with Gasteiger partial charge in [-0.25, -0.2) is 4.39 Å². The average molecular weight is 284 g/mol. The normalized spacial score (nSPS) is 10.7. The highest BCUT2D eigenvalue weighted by atomic mass is 35.5. The van der Waals surface area contributed by atoms with Crippen molar-refractivity contribution in [3.63, 3.8) is 0 Å². The van der Waals surface area contributed by atoms with Crippen molar-refractivity contribution in [1.82, 2.24) is 5.32 Å². The second-order valence-electron chi connectivity index (χ2n) is 3.96. The highest BCUT2D eigenvalue weighted by Gasteiger charge is 2.10. The Morgan fingerprint density at radius 2 is 1.83 bits per heavy atom. The summed E-state index contributed by atoms with van der Waals surface area (Å²) in [6.07, 6.45) is 0. The van der Waals surface area contributed by atoms with E-state index in [0.29, 0.717) is 16.6 Å². The molecule has 0 spiro atoms. The Balaban J connectivity index is 2.57. The van der Waals surface area contributed by atoms with Gasteiger partial charge in [0.15, 0.2) is 0 Å². The summed E-state index contributed by atoms with van der Waals surface area (Å²) in [5, 5.41) is 4.14. The maximum atomic E-state index is 13.4. The summed E-state index contributed by atoms with van der Waals surface area (Å²) in [4.78, 5) is 0. The predicted octanol–water partition coefficient (Wildman–Crippen LogP) is 4.52. The van der Waals surface area contributed by atoms with Crippen LogP contribution < -0.4 is 5.32 Å². The van der Waals surface area contributed by atoms with Crippen molar-refractivity contribution in [1.29, 1.82) is 0 Å². The third-order valence-corrected chi connectivity index (χ3v) is 3.21. The smallest absolute Gasteiger partial charge is 0.123 e. The highest BCUT2D eigenvalue weighted by molar-refractivity contribution is 6.36. The zero-order chi connectivity index (χ0) is 13.1. The molecule has 4 heteroatoms. The molecule has 0 saturated heterocycles. The summed E-state index contributed by atoms with van der Waals surface area (Å²) in [5.74, 6) is -0.282. The minimum absolute atomic E-state index is 0.282. The second-order valence-corrected chi connectivity index (χ2v) is 4.80. The van der Waals surface area contributed by atoms with Crippen LogP contribution in [0.1, 0.15) is 5.56 Å². The number of nitrogens with one attached hydrogen (secondary N) is 1. The highest BCUT2D eigenvalue weighted by Crippen LogP contribution is 2.33. The molecule has 0 aliphatic carbocycles. The third kappa shape index (κ3) is 2.83. The Bertz CT molecular complexity index is 570. The number of benzene rings is 2. The fourth-order valence-electron chi connectivity index (χ4n) is 1.85. The summed E-state index contributed by atoms with van der Waals surface area (Å²) >= 11 is 12.0. The summed E-state index contributed by atoms with van der Waals surface area (Å²) in [5.41, 5.74) is 2.56. The van der Waals surface area contributed by atoms with Crippen molar-refractivity contribution >= 4 is 23.2 Å². The lowest BCUT2D eigenvalue weighted by molar-refractivity contribution is 0.627. The van der Waals surface area contributed by atoms with E-state index in [-0.39, 0.29) is 5.82 Å². The van der Waals surface area contributed by atoms with Crippen LogP contribution in [0.3, 0.4) is 0 Å². The van der Waals surface area contributed by atoms with E-state index in [2.05, 4.69) is 5.32 Å². The van der Waals surface area contributed by atoms with Crippen LogP contribution in [-0.2, 0) is 6.54 Å². The standard InChI is InChI=1S/C14H12Cl2FN/c1-18-8-9-2-4-11(17)7-13(9)12-5-3-10(15)6-14(12)16/h2-7,18H,8H2,1H3. The lowest BCUT2D eigenvalue weighted by atomic mass is 9.99. The van der Waals surface area contributed by atoms with Crippen LogP contribution in [0.4, 0.5) is 4.39 Å². The first kappa shape index (κ1) is 13.3. The molecule has 0 saturated carbocycles. The van der Waals surface area contributed by atoms with E-state index in [1.165, 1.54) is 12.1 Å². The Labute approximate surface area is 116 Å². The molecule has 94 valence electrons. The first-order valence-electron chi connectivity index (χ1n) is 5.50. The summed E-state index contributed by atoms with van der Waals surface area (Å²) in [6.45, 7) is 0.647. The van der Waals surface area contributed by atoms with E-state index in [1.807, 2.05) is 7.05 Å². The van der Waals surface area contributed by atoms with Crippen LogP contribution in [0.15, 0.2) is 36.4 Å². The summed E-state index contributed by atoms with van der Waals surface area (Å²) < 4.78 is 13.4. The topological polar surface area (TPSA) is 12.0 Å². The zero-order valence-corrected chi connectivity index (χ0v) is 11.3. The van der Waals surface area contributed by atoms with Crippen LogP contribution in [0.5, 0.6) is 0 Å². The molecule has 0 unspecified atom stereocenters. The van der Waals surface area contributed by atoms with Crippen LogP contribution in [0.2, 0.25) is 10.0 Å². The molecular formula is C14H12Cl2FN. The van der Waals surface area contributed by atoms with E-state index < -0.39 is 0 Å². The lowest BCUT2D eigenvalue weighted by Gasteiger charge is -2.11. The van der Waals surface area contributed by atoms with Gasteiger partial charge in [-0.1, -0.05) is 35.3 Å². The number of halogens is 3. The van der Waals surface area contributed by atoms with Gasteiger partial charge in [0, 0.05) is 22.2 Å². The van der Waals surface area contributed by atoms with Gasteiger partial charge >= 0.3 is 0 Å². The van der Waals surface area contributed by atoms with Crippen molar-refractivity contribution in [3.05, 3.63) is 57.8 Å². The lowest BCUT2D eigenvalue weighted by Crippen LogP contribution is -2.06. The van der Waals surface area contributed by atoms with Gasteiger partial charge in [-0.15, -0.1) is 0 Å². The van der Waals surface area contributed by atoms with Crippen LogP contribution >= 0.6 is 23.2 Å². The molecule has 2 rings (SSSR count). The van der Waals surface area contributed by atoms with Crippen LogP contribution in [0.25, 0.3) is 11.1 Å². The molecular weight excluding hydrogens is 272 g/mol. The van der Waals surface area contributed by atoms with E-state index >= 15 is 0 Å². The first-order chi connectivity index (χ1) is 8.61. The van der Waals surface area contributed by atoms with Crippen molar-refractivity contribution in [2.24, 2.45) is 0 Å². The summed E-state index contributed by atoms with van der Waals surface area (Å²) in [7, 11) is 1.84. The zero-order valence-electron chi connectivity index (χ0n) is 9.81. The van der Waals surface area contributed by atoms with E-state index in [9.17, 15) is 4.39 Å².